The molecule has 2 aliphatic rings. The maximum absolute atomic E-state index is 12.1. The van der Waals surface area contributed by atoms with Crippen molar-refractivity contribution in [3.8, 4) is 0 Å². The Balaban J connectivity index is 1.85. The molecular formula is C13H25N3O3S. The van der Waals surface area contributed by atoms with E-state index >= 15 is 0 Å². The normalized spacial score (nSPS) is 29.5. The smallest absolute Gasteiger partial charge is 0.240 e. The molecule has 0 aliphatic heterocycles. The highest BCUT2D eigenvalue weighted by molar-refractivity contribution is 7.88. The van der Waals surface area contributed by atoms with Gasteiger partial charge in [0.15, 0.2) is 0 Å². The van der Waals surface area contributed by atoms with Crippen LogP contribution in [0.4, 0.5) is 0 Å². The van der Waals surface area contributed by atoms with E-state index in [1.54, 1.807) is 0 Å². The summed E-state index contributed by atoms with van der Waals surface area (Å²) in [7, 11) is -3.19. The van der Waals surface area contributed by atoms with Crippen molar-refractivity contribution in [2.45, 2.75) is 56.5 Å². The van der Waals surface area contributed by atoms with Crippen LogP contribution < -0.4 is 15.8 Å². The number of nitrogens with two attached hydrogens (primary N) is 1. The first-order chi connectivity index (χ1) is 9.30. The van der Waals surface area contributed by atoms with Gasteiger partial charge in [0.2, 0.25) is 15.9 Å². The van der Waals surface area contributed by atoms with Crippen LogP contribution in [0, 0.1) is 5.92 Å². The highest BCUT2D eigenvalue weighted by Gasteiger charge is 2.38. The Labute approximate surface area is 120 Å². The van der Waals surface area contributed by atoms with Gasteiger partial charge in [-0.3, -0.25) is 4.79 Å². The van der Waals surface area contributed by atoms with Crippen molar-refractivity contribution in [1.82, 2.24) is 10.0 Å². The molecule has 0 bridgehead atoms. The van der Waals surface area contributed by atoms with E-state index in [0.717, 1.165) is 44.9 Å². The Bertz CT molecular complexity index is 457. The number of nitrogens with one attached hydrogen (secondary N) is 2. The van der Waals surface area contributed by atoms with Gasteiger partial charge in [0, 0.05) is 12.6 Å². The van der Waals surface area contributed by atoms with E-state index < -0.39 is 15.6 Å². The van der Waals surface area contributed by atoms with Crippen LogP contribution in [-0.2, 0) is 14.8 Å². The molecule has 0 aromatic heterocycles. The zero-order valence-electron chi connectivity index (χ0n) is 12.0. The maximum Gasteiger partial charge on any atom is 0.240 e. The number of carbonyl (C=O) groups excluding carboxylic acids is 1. The molecule has 7 heteroatoms. The summed E-state index contributed by atoms with van der Waals surface area (Å²) in [5.74, 6) is 0.0821. The summed E-state index contributed by atoms with van der Waals surface area (Å²) in [6.45, 7) is 0.505. The zero-order valence-corrected chi connectivity index (χ0v) is 12.8. The molecule has 6 nitrogen and oxygen atoms in total. The van der Waals surface area contributed by atoms with Crippen LogP contribution in [0.25, 0.3) is 0 Å². The van der Waals surface area contributed by atoms with E-state index in [1.165, 1.54) is 6.26 Å². The molecule has 116 valence electrons. The van der Waals surface area contributed by atoms with Crippen molar-refractivity contribution < 1.29 is 13.2 Å². The monoisotopic (exact) mass is 303 g/mol. The molecule has 0 radical (unpaired) electrons. The second-order valence-electron chi connectivity index (χ2n) is 6.26. The average Bonchev–Trinajstić information content (AvgIpc) is 2.94. The van der Waals surface area contributed by atoms with Gasteiger partial charge in [-0.15, -0.1) is 0 Å². The largest absolute Gasteiger partial charge is 0.354 e. The Morgan fingerprint density at radius 2 is 1.90 bits per heavy atom. The summed E-state index contributed by atoms with van der Waals surface area (Å²) in [5, 5.41) is 2.92. The van der Waals surface area contributed by atoms with Gasteiger partial charge >= 0.3 is 0 Å². The maximum atomic E-state index is 12.1. The SMILES string of the molecule is CS(=O)(=O)NC1CCCC1CNC(=O)C1(N)CCCC1. The van der Waals surface area contributed by atoms with Gasteiger partial charge in [0.25, 0.3) is 0 Å². The van der Waals surface area contributed by atoms with Crippen molar-refractivity contribution in [2.24, 2.45) is 11.7 Å². The van der Waals surface area contributed by atoms with Gasteiger partial charge in [0.05, 0.1) is 11.8 Å². The lowest BCUT2D eigenvalue weighted by Crippen LogP contribution is -2.53. The molecule has 0 aromatic rings. The summed E-state index contributed by atoms with van der Waals surface area (Å²) in [5.41, 5.74) is 5.39. The second-order valence-corrected chi connectivity index (χ2v) is 8.04. The molecular weight excluding hydrogens is 278 g/mol. The summed E-state index contributed by atoms with van der Waals surface area (Å²) in [6, 6.07) is -0.0670. The molecule has 2 saturated carbocycles. The van der Waals surface area contributed by atoms with Crippen LogP contribution in [0.5, 0.6) is 0 Å². The molecule has 0 spiro atoms. The fourth-order valence-corrected chi connectivity index (χ4v) is 4.20. The fraction of sp³-hybridized carbons (Fsp3) is 0.923. The van der Waals surface area contributed by atoms with Crippen LogP contribution in [0.3, 0.4) is 0 Å². The lowest BCUT2D eigenvalue weighted by Gasteiger charge is -2.25. The summed E-state index contributed by atoms with van der Waals surface area (Å²) >= 11 is 0. The molecule has 2 atom stereocenters. The number of rotatable bonds is 5. The molecule has 20 heavy (non-hydrogen) atoms. The molecule has 2 fully saturated rings. The van der Waals surface area contributed by atoms with Crippen LogP contribution in [-0.4, -0.2) is 38.7 Å². The quantitative estimate of drug-likeness (QED) is 0.670. The molecule has 0 saturated heterocycles. The van der Waals surface area contributed by atoms with Crippen LogP contribution in [0.1, 0.15) is 44.9 Å². The van der Waals surface area contributed by atoms with E-state index in [-0.39, 0.29) is 17.9 Å². The standard InChI is InChI=1S/C13H25N3O3S/c1-20(18,19)16-11-6-4-5-10(11)9-15-12(17)13(14)7-2-3-8-13/h10-11,16H,2-9,14H2,1H3,(H,15,17). The van der Waals surface area contributed by atoms with Crippen molar-refractivity contribution >= 4 is 15.9 Å². The van der Waals surface area contributed by atoms with Gasteiger partial charge in [-0.1, -0.05) is 19.3 Å². The van der Waals surface area contributed by atoms with E-state index in [4.69, 9.17) is 5.73 Å². The molecule has 0 heterocycles. The lowest BCUT2D eigenvalue weighted by atomic mass is 9.97. The molecule has 0 aromatic carbocycles. The Hall–Kier alpha value is -0.660. The molecule has 4 N–H and O–H groups in total. The minimum absolute atomic E-state index is 0.0670. The summed E-state index contributed by atoms with van der Waals surface area (Å²) in [6.07, 6.45) is 7.43. The van der Waals surface area contributed by atoms with Crippen molar-refractivity contribution in [3.05, 3.63) is 0 Å². The van der Waals surface area contributed by atoms with Crippen LogP contribution in [0.15, 0.2) is 0 Å². The van der Waals surface area contributed by atoms with Gasteiger partial charge in [0.1, 0.15) is 0 Å². The molecule has 1 amide bonds. The number of amides is 1. The second kappa shape index (κ2) is 5.99. The minimum atomic E-state index is -3.19. The van der Waals surface area contributed by atoms with Crippen LogP contribution >= 0.6 is 0 Å². The van der Waals surface area contributed by atoms with E-state index in [1.807, 2.05) is 0 Å². The van der Waals surface area contributed by atoms with Gasteiger partial charge in [-0.2, -0.15) is 0 Å². The number of hydrogen-bond donors (Lipinski definition) is 3. The zero-order chi connectivity index (χ0) is 14.8. The van der Waals surface area contributed by atoms with Gasteiger partial charge < -0.3 is 11.1 Å². The highest BCUT2D eigenvalue weighted by atomic mass is 32.2. The Kier molecular flexibility index (Phi) is 4.71. The average molecular weight is 303 g/mol. The van der Waals surface area contributed by atoms with Crippen molar-refractivity contribution in [2.75, 3.05) is 12.8 Å². The van der Waals surface area contributed by atoms with Crippen LogP contribution in [0.2, 0.25) is 0 Å². The highest BCUT2D eigenvalue weighted by Crippen LogP contribution is 2.28. The Morgan fingerprint density at radius 1 is 1.25 bits per heavy atom. The first kappa shape index (κ1) is 15.7. The van der Waals surface area contributed by atoms with Crippen molar-refractivity contribution in [3.63, 3.8) is 0 Å². The third-order valence-corrected chi connectivity index (χ3v) is 5.23. The first-order valence-corrected chi connectivity index (χ1v) is 9.24. The third-order valence-electron chi connectivity index (χ3n) is 4.50. The summed E-state index contributed by atoms with van der Waals surface area (Å²) in [4.78, 5) is 12.1. The van der Waals surface area contributed by atoms with E-state index in [2.05, 4.69) is 10.0 Å². The minimum Gasteiger partial charge on any atom is -0.354 e. The third kappa shape index (κ3) is 3.93. The molecule has 2 unspecified atom stereocenters. The molecule has 2 rings (SSSR count). The number of hydrogen-bond acceptors (Lipinski definition) is 4. The topological polar surface area (TPSA) is 101 Å². The van der Waals surface area contributed by atoms with E-state index in [9.17, 15) is 13.2 Å². The van der Waals surface area contributed by atoms with E-state index in [0.29, 0.717) is 6.54 Å². The van der Waals surface area contributed by atoms with Gasteiger partial charge in [-0.05, 0) is 31.6 Å². The fourth-order valence-electron chi connectivity index (χ4n) is 3.34. The lowest BCUT2D eigenvalue weighted by molar-refractivity contribution is -0.126. The molecule has 2 aliphatic carbocycles. The van der Waals surface area contributed by atoms with Gasteiger partial charge in [-0.25, -0.2) is 13.1 Å². The number of carbonyl (C=O) groups is 1. The first-order valence-electron chi connectivity index (χ1n) is 7.35. The number of sulfonamides is 1. The summed E-state index contributed by atoms with van der Waals surface area (Å²) < 4.78 is 25.3. The predicted molar refractivity (Wildman–Crippen MR) is 77.5 cm³/mol. The Morgan fingerprint density at radius 3 is 2.50 bits per heavy atom. The van der Waals surface area contributed by atoms with Crippen molar-refractivity contribution in [1.29, 1.82) is 0 Å². The predicted octanol–water partition coefficient (Wildman–Crippen LogP) is 0.0920.